The Morgan fingerprint density at radius 3 is 2.35 bits per heavy atom. The number of carbonyl (C=O) groups is 3. The Hall–Kier alpha value is -4.29. The van der Waals surface area contributed by atoms with Crippen LogP contribution in [0.1, 0.15) is 86.3 Å². The SMILES string of the molecule is C=CCCC(CCC)COC(=O)N[C@H](C(=O)N1C[C@H](Oc2nc3cc(OC)ccc3nc2C(F)(F)C=C)[C@@H](CC)[C@H]1C(=O)OCC(C)C)C(C)(C)C. The number of halogens is 2. The van der Waals surface area contributed by atoms with Crippen molar-refractivity contribution in [2.75, 3.05) is 26.9 Å². The zero-order valence-corrected chi connectivity index (χ0v) is 31.9. The number of methoxy groups -OCH3 is 1. The molecule has 1 aromatic heterocycles. The maximum atomic E-state index is 15.3. The van der Waals surface area contributed by atoms with Crippen LogP contribution < -0.4 is 14.8 Å². The van der Waals surface area contributed by atoms with Crippen LogP contribution in [-0.4, -0.2) is 77.9 Å². The normalized spacial score (nSPS) is 18.8. The van der Waals surface area contributed by atoms with Crippen LogP contribution in [0.4, 0.5) is 13.6 Å². The molecule has 2 heterocycles. The van der Waals surface area contributed by atoms with Crippen molar-refractivity contribution in [3.05, 3.63) is 49.2 Å². The molecule has 0 saturated carbocycles. The van der Waals surface area contributed by atoms with Crippen molar-refractivity contribution in [2.45, 2.75) is 105 Å². The molecule has 1 aliphatic rings. The van der Waals surface area contributed by atoms with E-state index in [1.165, 1.54) is 18.1 Å². The van der Waals surface area contributed by atoms with Crippen molar-refractivity contribution in [1.29, 1.82) is 0 Å². The molecule has 0 radical (unpaired) electrons. The lowest BCUT2D eigenvalue weighted by atomic mass is 9.85. The molecule has 3 rings (SSSR count). The van der Waals surface area contributed by atoms with E-state index in [-0.39, 0.29) is 42.6 Å². The highest BCUT2D eigenvalue weighted by Crippen LogP contribution is 2.39. The maximum Gasteiger partial charge on any atom is 0.407 e. The van der Waals surface area contributed by atoms with Gasteiger partial charge < -0.3 is 29.2 Å². The highest BCUT2D eigenvalue weighted by atomic mass is 19.3. The molecular weight excluding hydrogens is 674 g/mol. The van der Waals surface area contributed by atoms with Gasteiger partial charge in [0.05, 0.1) is 37.9 Å². The number of aromatic nitrogens is 2. The predicted molar refractivity (Wildman–Crippen MR) is 195 cm³/mol. The molecule has 52 heavy (non-hydrogen) atoms. The Balaban J connectivity index is 2.02. The van der Waals surface area contributed by atoms with Gasteiger partial charge in [-0.3, -0.25) is 4.79 Å². The summed E-state index contributed by atoms with van der Waals surface area (Å²) in [5.41, 5.74) is -1.16. The summed E-state index contributed by atoms with van der Waals surface area (Å²) in [4.78, 5) is 51.5. The molecule has 11 nitrogen and oxygen atoms in total. The lowest BCUT2D eigenvalue weighted by Gasteiger charge is -2.35. The Morgan fingerprint density at radius 1 is 1.06 bits per heavy atom. The van der Waals surface area contributed by atoms with Crippen LogP contribution in [0.15, 0.2) is 43.5 Å². The summed E-state index contributed by atoms with van der Waals surface area (Å²) in [6.45, 7) is 20.2. The number of benzene rings is 1. The Bertz CT molecular complexity index is 1560. The summed E-state index contributed by atoms with van der Waals surface area (Å²) in [5, 5.41) is 2.75. The molecule has 288 valence electrons. The van der Waals surface area contributed by atoms with E-state index in [0.29, 0.717) is 18.2 Å². The third kappa shape index (κ3) is 10.6. The number of ether oxygens (including phenoxy) is 4. The molecule has 1 fully saturated rings. The molecule has 0 spiro atoms. The van der Waals surface area contributed by atoms with E-state index in [1.807, 2.05) is 26.8 Å². The van der Waals surface area contributed by atoms with Crippen LogP contribution >= 0.6 is 0 Å². The fourth-order valence-electron chi connectivity index (χ4n) is 6.28. The number of esters is 1. The number of nitrogens with zero attached hydrogens (tertiary/aromatic N) is 3. The molecule has 1 saturated heterocycles. The van der Waals surface area contributed by atoms with Crippen LogP contribution in [0.5, 0.6) is 11.6 Å². The monoisotopic (exact) mass is 730 g/mol. The second-order valence-corrected chi connectivity index (χ2v) is 14.8. The summed E-state index contributed by atoms with van der Waals surface area (Å²) >= 11 is 0. The Labute approximate surface area is 306 Å². The summed E-state index contributed by atoms with van der Waals surface area (Å²) in [6, 6.07) is 2.36. The van der Waals surface area contributed by atoms with E-state index in [2.05, 4.69) is 35.4 Å². The molecule has 1 N–H and O–H groups in total. The van der Waals surface area contributed by atoms with E-state index in [1.54, 1.807) is 32.9 Å². The van der Waals surface area contributed by atoms with E-state index >= 15 is 8.78 Å². The Morgan fingerprint density at radius 2 is 1.77 bits per heavy atom. The summed E-state index contributed by atoms with van der Waals surface area (Å²) in [6.07, 6.45) is 4.25. The highest BCUT2D eigenvalue weighted by molar-refractivity contribution is 5.91. The second-order valence-electron chi connectivity index (χ2n) is 14.8. The first-order valence-electron chi connectivity index (χ1n) is 18.1. The highest BCUT2D eigenvalue weighted by Gasteiger charge is 2.52. The topological polar surface area (TPSA) is 129 Å². The molecule has 1 unspecified atom stereocenters. The van der Waals surface area contributed by atoms with Crippen molar-refractivity contribution in [3.63, 3.8) is 0 Å². The predicted octanol–water partition coefficient (Wildman–Crippen LogP) is 7.62. The average molecular weight is 731 g/mol. The number of likely N-dealkylation sites (tertiary alicyclic amines) is 1. The van der Waals surface area contributed by atoms with Gasteiger partial charge in [0, 0.05) is 12.0 Å². The Kier molecular flexibility index (Phi) is 15.0. The van der Waals surface area contributed by atoms with Crippen molar-refractivity contribution in [3.8, 4) is 11.6 Å². The molecular formula is C39H56F2N4O7. The van der Waals surface area contributed by atoms with Crippen molar-refractivity contribution in [2.24, 2.45) is 23.2 Å². The zero-order valence-electron chi connectivity index (χ0n) is 31.9. The van der Waals surface area contributed by atoms with Gasteiger partial charge in [0.25, 0.3) is 0 Å². The number of amides is 2. The minimum absolute atomic E-state index is 0.0111. The van der Waals surface area contributed by atoms with Gasteiger partial charge in [-0.2, -0.15) is 8.78 Å². The fourth-order valence-corrected chi connectivity index (χ4v) is 6.28. The lowest BCUT2D eigenvalue weighted by molar-refractivity contribution is -0.157. The molecule has 0 bridgehead atoms. The first-order chi connectivity index (χ1) is 24.5. The van der Waals surface area contributed by atoms with Crippen molar-refractivity contribution in [1.82, 2.24) is 20.2 Å². The minimum atomic E-state index is -3.62. The number of alkyl carbamates (subject to hydrolysis) is 1. The smallest absolute Gasteiger partial charge is 0.407 e. The zero-order chi connectivity index (χ0) is 38.8. The first-order valence-corrected chi connectivity index (χ1v) is 18.1. The lowest BCUT2D eigenvalue weighted by Crippen LogP contribution is -2.57. The van der Waals surface area contributed by atoms with Crippen LogP contribution in [-0.2, 0) is 25.0 Å². The average Bonchev–Trinajstić information content (AvgIpc) is 3.47. The van der Waals surface area contributed by atoms with Gasteiger partial charge in [-0.25, -0.2) is 19.6 Å². The quantitative estimate of drug-likeness (QED) is 0.122. The maximum absolute atomic E-state index is 15.3. The van der Waals surface area contributed by atoms with E-state index in [4.69, 9.17) is 18.9 Å². The second kappa shape index (κ2) is 18.5. The standard InChI is InChI=1S/C39H56F2N4O7/c1-11-15-17-25(16-12-2)23-51-37(48)44-33(38(7,8)9)35(46)45-21-30(27(13-3)31(45)36(47)50-22-24(5)6)52-34-32(39(40,41)14-4)42-28-19-18-26(49-10)20-29(28)43-34/h11,14,18-20,24-25,27,30-31,33H,1,4,12-13,15-17,21-23H2,2-3,5-10H3,(H,44,48)/t25?,27-,30+,31+,33-/m1/s1. The van der Waals surface area contributed by atoms with Gasteiger partial charge in [-0.05, 0) is 61.1 Å². The molecule has 13 heteroatoms. The third-order valence-electron chi connectivity index (χ3n) is 9.13. The van der Waals surface area contributed by atoms with Gasteiger partial charge in [0.1, 0.15) is 23.9 Å². The number of alkyl halides is 2. The number of nitrogens with one attached hydrogen (secondary N) is 1. The number of hydrogen-bond donors (Lipinski definition) is 1. The van der Waals surface area contributed by atoms with Crippen LogP contribution in [0.3, 0.4) is 0 Å². The first kappa shape index (κ1) is 42.1. The number of fused-ring (bicyclic) bond motifs is 1. The van der Waals surface area contributed by atoms with Crippen molar-refractivity contribution >= 4 is 29.0 Å². The van der Waals surface area contributed by atoms with Crippen LogP contribution in [0.25, 0.3) is 11.0 Å². The molecule has 1 aromatic carbocycles. The van der Waals surface area contributed by atoms with Gasteiger partial charge in [0.2, 0.25) is 11.8 Å². The van der Waals surface area contributed by atoms with E-state index < -0.39 is 65.0 Å². The van der Waals surface area contributed by atoms with E-state index in [9.17, 15) is 14.4 Å². The molecule has 5 atom stereocenters. The number of allylic oxidation sites excluding steroid dienone is 2. The van der Waals surface area contributed by atoms with Gasteiger partial charge in [-0.15, -0.1) is 6.58 Å². The molecule has 1 aliphatic heterocycles. The van der Waals surface area contributed by atoms with Gasteiger partial charge in [-0.1, -0.05) is 67.5 Å². The summed E-state index contributed by atoms with van der Waals surface area (Å²) < 4.78 is 53.5. The van der Waals surface area contributed by atoms with Crippen LogP contribution in [0.2, 0.25) is 0 Å². The largest absolute Gasteiger partial charge is 0.497 e. The molecule has 2 aromatic rings. The van der Waals surface area contributed by atoms with Gasteiger partial charge in [0.15, 0.2) is 5.69 Å². The molecule has 0 aliphatic carbocycles. The van der Waals surface area contributed by atoms with Crippen LogP contribution in [0, 0.1) is 23.2 Å². The van der Waals surface area contributed by atoms with Gasteiger partial charge >= 0.3 is 18.0 Å². The number of rotatable bonds is 18. The minimum Gasteiger partial charge on any atom is -0.497 e. The fraction of sp³-hybridized carbons (Fsp3) is 0.615. The summed E-state index contributed by atoms with van der Waals surface area (Å²) in [5.74, 6) is -5.42. The third-order valence-corrected chi connectivity index (χ3v) is 9.13. The number of hydrogen-bond acceptors (Lipinski definition) is 9. The number of carbonyl (C=O) groups excluding carboxylic acids is 3. The van der Waals surface area contributed by atoms with E-state index in [0.717, 1.165) is 25.7 Å². The van der Waals surface area contributed by atoms with Crippen molar-refractivity contribution < 1.29 is 42.1 Å². The molecule has 2 amide bonds. The summed E-state index contributed by atoms with van der Waals surface area (Å²) in [7, 11) is 1.47.